The molecule has 0 saturated carbocycles. The molecule has 0 aliphatic rings. The van der Waals surface area contributed by atoms with Crippen molar-refractivity contribution in [3.63, 3.8) is 0 Å². The van der Waals surface area contributed by atoms with Crippen LogP contribution in [0.25, 0.3) is 5.08 Å². The van der Waals surface area contributed by atoms with Crippen LogP contribution in [0, 0.1) is 5.39 Å². The second kappa shape index (κ2) is 4.97. The minimum absolute atomic E-state index is 0.675. The van der Waals surface area contributed by atoms with Crippen molar-refractivity contribution >= 4 is 5.71 Å². The number of hydrogen-bond donors (Lipinski definition) is 0. The Labute approximate surface area is 82.8 Å². The summed E-state index contributed by atoms with van der Waals surface area (Å²) in [5.41, 5.74) is 1.87. The molecule has 0 radical (unpaired) electrons. The van der Waals surface area contributed by atoms with E-state index in [9.17, 15) is 0 Å². The number of diazo groups is 1. The molecule has 0 bridgehead atoms. The molecule has 0 aliphatic carbocycles. The van der Waals surface area contributed by atoms with Gasteiger partial charge in [-0.05, 0) is 24.6 Å². The van der Waals surface area contributed by atoms with Crippen LogP contribution in [0.4, 0.5) is 0 Å². The zero-order chi connectivity index (χ0) is 10.4. The highest BCUT2D eigenvalue weighted by atomic mass is 16.5. The van der Waals surface area contributed by atoms with Gasteiger partial charge in [-0.1, -0.05) is 12.1 Å². The van der Waals surface area contributed by atoms with E-state index >= 15 is 0 Å². The summed E-state index contributed by atoms with van der Waals surface area (Å²) in [6, 6.07) is 7.68. The molecular weight excluding hydrogens is 178 g/mol. The number of hydrogen-bond acceptors (Lipinski definition) is 3. The number of methoxy groups -OCH3 is 1. The van der Waals surface area contributed by atoms with Gasteiger partial charge in [-0.2, -0.15) is 0 Å². The molecule has 0 fully saturated rings. The number of rotatable bonds is 3. The van der Waals surface area contributed by atoms with Crippen molar-refractivity contribution in [3.8, 4) is 5.75 Å². The monoisotopic (exact) mass is 190 g/mol. The number of ether oxygens (including phenoxy) is 1. The first-order chi connectivity index (χ1) is 6.76. The molecular formula is C10H12N3O+. The summed E-state index contributed by atoms with van der Waals surface area (Å²) in [6.45, 7) is 1.81. The summed E-state index contributed by atoms with van der Waals surface area (Å²) in [6.07, 6.45) is 0.675. The lowest BCUT2D eigenvalue weighted by atomic mass is 10.1. The Morgan fingerprint density at radius 1 is 1.43 bits per heavy atom. The molecule has 0 unspecified atom stereocenters. The molecule has 72 valence electrons. The Morgan fingerprint density at radius 2 is 2.07 bits per heavy atom. The normalized spacial score (nSPS) is 10.8. The SMILES string of the molecule is COc1ccc(C/C(C)=N/[N+]#N)cc1. The topological polar surface area (TPSA) is 49.7 Å². The van der Waals surface area contributed by atoms with Gasteiger partial charge in [0.25, 0.3) is 5.39 Å². The van der Waals surface area contributed by atoms with Crippen molar-refractivity contribution in [2.75, 3.05) is 7.11 Å². The fraction of sp³-hybridized carbons (Fsp3) is 0.300. The van der Waals surface area contributed by atoms with Gasteiger partial charge < -0.3 is 4.74 Å². The summed E-state index contributed by atoms with van der Waals surface area (Å²) in [7, 11) is 1.63. The zero-order valence-electron chi connectivity index (χ0n) is 8.27. The minimum atomic E-state index is 0.675. The van der Waals surface area contributed by atoms with Gasteiger partial charge in [-0.15, -0.1) is 0 Å². The van der Waals surface area contributed by atoms with Crippen molar-refractivity contribution < 1.29 is 4.74 Å². The fourth-order valence-corrected chi connectivity index (χ4v) is 1.15. The molecule has 0 aromatic heterocycles. The summed E-state index contributed by atoms with van der Waals surface area (Å²) >= 11 is 0. The van der Waals surface area contributed by atoms with E-state index in [1.54, 1.807) is 7.11 Å². The lowest BCUT2D eigenvalue weighted by Crippen LogP contribution is -1.96. The van der Waals surface area contributed by atoms with Gasteiger partial charge in [-0.25, -0.2) is 0 Å². The molecule has 4 heteroatoms. The largest absolute Gasteiger partial charge is 0.497 e. The Morgan fingerprint density at radius 3 is 2.57 bits per heavy atom. The Balaban J connectivity index is 2.70. The highest BCUT2D eigenvalue weighted by molar-refractivity contribution is 5.84. The van der Waals surface area contributed by atoms with Crippen LogP contribution in [0.3, 0.4) is 0 Å². The van der Waals surface area contributed by atoms with Gasteiger partial charge in [0.1, 0.15) is 11.5 Å². The van der Waals surface area contributed by atoms with E-state index in [0.717, 1.165) is 17.0 Å². The third-order valence-electron chi connectivity index (χ3n) is 1.83. The Hall–Kier alpha value is -1.89. The van der Waals surface area contributed by atoms with Crippen LogP contribution in [0.1, 0.15) is 12.5 Å². The number of benzene rings is 1. The maximum absolute atomic E-state index is 8.21. The van der Waals surface area contributed by atoms with E-state index in [1.807, 2.05) is 31.2 Å². The standard InChI is InChI=1S/C10H12N3O/c1-8(12-13-11)7-9-3-5-10(14-2)6-4-9/h3-6H,7H2,1-2H3/q+1/b12-8+. The second-order valence-electron chi connectivity index (χ2n) is 2.95. The van der Waals surface area contributed by atoms with Gasteiger partial charge >= 0.3 is 5.08 Å². The van der Waals surface area contributed by atoms with Crippen LogP contribution in [-0.4, -0.2) is 12.8 Å². The maximum atomic E-state index is 8.21. The van der Waals surface area contributed by atoms with Gasteiger partial charge in [0.2, 0.25) is 0 Å². The predicted molar refractivity (Wildman–Crippen MR) is 54.9 cm³/mol. The third-order valence-corrected chi connectivity index (χ3v) is 1.83. The number of nitrogens with zero attached hydrogens (tertiary/aromatic N) is 3. The third kappa shape index (κ3) is 2.87. The average molecular weight is 190 g/mol. The molecule has 0 atom stereocenters. The minimum Gasteiger partial charge on any atom is -0.497 e. The van der Waals surface area contributed by atoms with E-state index in [0.29, 0.717) is 6.42 Å². The first kappa shape index (κ1) is 10.2. The van der Waals surface area contributed by atoms with Crippen LogP contribution in [0.15, 0.2) is 29.4 Å². The molecule has 0 amide bonds. The summed E-state index contributed by atoms with van der Waals surface area (Å²) in [4.78, 5) is 0. The van der Waals surface area contributed by atoms with Crippen LogP contribution >= 0.6 is 0 Å². The van der Waals surface area contributed by atoms with E-state index in [-0.39, 0.29) is 0 Å². The highest BCUT2D eigenvalue weighted by Gasteiger charge is 2.00. The fourth-order valence-electron chi connectivity index (χ4n) is 1.15. The van der Waals surface area contributed by atoms with E-state index in [1.165, 1.54) is 0 Å². The molecule has 0 spiro atoms. The quantitative estimate of drug-likeness (QED) is 0.417. The predicted octanol–water partition coefficient (Wildman–Crippen LogP) is 2.47. The van der Waals surface area contributed by atoms with Crippen molar-refractivity contribution in [2.24, 2.45) is 5.10 Å². The van der Waals surface area contributed by atoms with Gasteiger partial charge in [0.05, 0.1) is 7.11 Å². The van der Waals surface area contributed by atoms with Crippen LogP contribution in [0.2, 0.25) is 0 Å². The second-order valence-corrected chi connectivity index (χ2v) is 2.95. The van der Waals surface area contributed by atoms with Crippen molar-refractivity contribution in [1.82, 2.24) is 0 Å². The zero-order valence-corrected chi connectivity index (χ0v) is 8.27. The van der Waals surface area contributed by atoms with Crippen molar-refractivity contribution in [1.29, 1.82) is 5.39 Å². The molecule has 0 heterocycles. The molecule has 0 saturated heterocycles. The molecule has 0 N–H and O–H groups in total. The van der Waals surface area contributed by atoms with Gasteiger partial charge in [0, 0.05) is 6.42 Å². The van der Waals surface area contributed by atoms with Crippen LogP contribution in [-0.2, 0) is 6.42 Å². The molecule has 1 aromatic rings. The first-order valence-corrected chi connectivity index (χ1v) is 4.26. The molecule has 1 rings (SSSR count). The average Bonchev–Trinajstić information content (AvgIpc) is 2.19. The Bertz CT molecular complexity index is 362. The van der Waals surface area contributed by atoms with E-state index in [4.69, 9.17) is 10.1 Å². The van der Waals surface area contributed by atoms with Crippen molar-refractivity contribution in [3.05, 3.63) is 34.9 Å². The summed E-state index contributed by atoms with van der Waals surface area (Å²) in [5, 5.41) is 14.5. The van der Waals surface area contributed by atoms with Gasteiger partial charge in [-0.3, -0.25) is 0 Å². The van der Waals surface area contributed by atoms with E-state index in [2.05, 4.69) is 10.2 Å². The first-order valence-electron chi connectivity index (χ1n) is 4.26. The molecule has 4 nitrogen and oxygen atoms in total. The highest BCUT2D eigenvalue weighted by Crippen LogP contribution is 2.11. The van der Waals surface area contributed by atoms with Crippen molar-refractivity contribution in [2.45, 2.75) is 13.3 Å². The van der Waals surface area contributed by atoms with Crippen LogP contribution < -0.4 is 4.74 Å². The molecule has 14 heavy (non-hydrogen) atoms. The maximum Gasteiger partial charge on any atom is 0.338 e. The van der Waals surface area contributed by atoms with Crippen LogP contribution in [0.5, 0.6) is 5.75 Å². The molecule has 0 aliphatic heterocycles. The lowest BCUT2D eigenvalue weighted by molar-refractivity contribution is 0.414. The van der Waals surface area contributed by atoms with Gasteiger partial charge in [0.15, 0.2) is 5.10 Å². The van der Waals surface area contributed by atoms with E-state index < -0.39 is 0 Å². The molecule has 1 aromatic carbocycles. The summed E-state index contributed by atoms with van der Waals surface area (Å²) in [5.74, 6) is 0.829. The summed E-state index contributed by atoms with van der Waals surface area (Å²) < 4.78 is 5.03. The Kier molecular flexibility index (Phi) is 3.62. The smallest absolute Gasteiger partial charge is 0.338 e. The lowest BCUT2D eigenvalue weighted by Gasteiger charge is -2.00.